The predicted octanol–water partition coefficient (Wildman–Crippen LogP) is -1.38. The van der Waals surface area contributed by atoms with Gasteiger partial charge in [-0.05, 0) is 24.4 Å². The summed E-state index contributed by atoms with van der Waals surface area (Å²) in [5.41, 5.74) is 14.8. The SMILES string of the molecule is NC(=S)NN=C/C=N/NC(N)=S. The smallest absolute Gasteiger partial charge is 0.184 e. The molecule has 0 aliphatic carbocycles. The first-order valence-electron chi connectivity index (χ1n) is 2.78. The van der Waals surface area contributed by atoms with Gasteiger partial charge in [-0.2, -0.15) is 10.2 Å². The molecule has 0 aromatic heterocycles. The van der Waals surface area contributed by atoms with E-state index >= 15 is 0 Å². The van der Waals surface area contributed by atoms with Crippen LogP contribution in [0.3, 0.4) is 0 Å². The summed E-state index contributed by atoms with van der Waals surface area (Å²) in [6, 6.07) is 0. The minimum atomic E-state index is 0.0851. The fourth-order valence-corrected chi connectivity index (χ4v) is 0.374. The average Bonchev–Trinajstić information content (AvgIpc) is 1.95. The molecule has 66 valence electrons. The van der Waals surface area contributed by atoms with E-state index in [9.17, 15) is 0 Å². The number of thiocarbonyl (C=S) groups is 2. The van der Waals surface area contributed by atoms with E-state index in [2.05, 4.69) is 45.5 Å². The lowest BCUT2D eigenvalue weighted by atomic mass is 10.8. The van der Waals surface area contributed by atoms with Crippen LogP contribution < -0.4 is 22.3 Å². The van der Waals surface area contributed by atoms with Crippen molar-refractivity contribution in [3.63, 3.8) is 0 Å². The highest BCUT2D eigenvalue weighted by molar-refractivity contribution is 7.80. The second-order valence-electron chi connectivity index (χ2n) is 1.51. The van der Waals surface area contributed by atoms with Crippen molar-refractivity contribution < 1.29 is 0 Å². The third kappa shape index (κ3) is 8.72. The standard InChI is InChI=1S/C4H8N6S2/c5-3(11)9-7-1-2-8-10-4(6)12/h1-2H,(H3,5,9,11)(H3,6,10,12)/b7-1+,8-2?. The Balaban J connectivity index is 3.52. The van der Waals surface area contributed by atoms with Gasteiger partial charge in [-0.25, -0.2) is 0 Å². The first-order chi connectivity index (χ1) is 5.63. The first-order valence-corrected chi connectivity index (χ1v) is 3.60. The predicted molar refractivity (Wildman–Crippen MR) is 56.8 cm³/mol. The van der Waals surface area contributed by atoms with Crippen LogP contribution >= 0.6 is 24.4 Å². The number of hydrazone groups is 2. The number of nitrogens with one attached hydrogen (secondary N) is 2. The molecule has 6 N–H and O–H groups in total. The van der Waals surface area contributed by atoms with Crippen LogP contribution in [0.25, 0.3) is 0 Å². The maximum Gasteiger partial charge on any atom is 0.184 e. The zero-order chi connectivity index (χ0) is 9.40. The molecular formula is C4H8N6S2. The van der Waals surface area contributed by atoms with Crippen LogP contribution in [0.1, 0.15) is 0 Å². The van der Waals surface area contributed by atoms with Crippen LogP contribution in [-0.4, -0.2) is 22.7 Å². The zero-order valence-corrected chi connectivity index (χ0v) is 7.65. The highest BCUT2D eigenvalue weighted by Crippen LogP contribution is 1.59. The molecule has 0 radical (unpaired) electrons. The third-order valence-corrected chi connectivity index (χ3v) is 0.748. The molecule has 0 aliphatic heterocycles. The Kier molecular flexibility index (Phi) is 5.75. The van der Waals surface area contributed by atoms with Gasteiger partial charge in [0.1, 0.15) is 0 Å². The molecule has 0 heterocycles. The molecular weight excluding hydrogens is 196 g/mol. The van der Waals surface area contributed by atoms with Crippen molar-refractivity contribution in [2.24, 2.45) is 21.7 Å². The number of nitrogens with two attached hydrogens (primary N) is 2. The van der Waals surface area contributed by atoms with Gasteiger partial charge in [0.25, 0.3) is 0 Å². The van der Waals surface area contributed by atoms with E-state index in [4.69, 9.17) is 11.5 Å². The molecule has 0 saturated heterocycles. The molecule has 0 atom stereocenters. The van der Waals surface area contributed by atoms with Crippen LogP contribution in [0.2, 0.25) is 0 Å². The minimum absolute atomic E-state index is 0.0851. The lowest BCUT2D eigenvalue weighted by Gasteiger charge is -1.91. The lowest BCUT2D eigenvalue weighted by molar-refractivity contribution is 1.03. The average molecular weight is 204 g/mol. The minimum Gasteiger partial charge on any atom is -0.375 e. The molecule has 0 saturated carbocycles. The first kappa shape index (κ1) is 10.7. The molecule has 0 amide bonds. The summed E-state index contributed by atoms with van der Waals surface area (Å²) in [5, 5.41) is 7.28. The molecule has 0 aromatic rings. The van der Waals surface area contributed by atoms with E-state index < -0.39 is 0 Å². The lowest BCUT2D eigenvalue weighted by Crippen LogP contribution is -2.25. The molecule has 0 aromatic carbocycles. The van der Waals surface area contributed by atoms with E-state index in [1.54, 1.807) is 0 Å². The normalized spacial score (nSPS) is 10.3. The van der Waals surface area contributed by atoms with Crippen molar-refractivity contribution in [3.8, 4) is 0 Å². The van der Waals surface area contributed by atoms with Gasteiger partial charge in [0.15, 0.2) is 10.2 Å². The molecule has 0 bridgehead atoms. The molecule has 0 unspecified atom stereocenters. The summed E-state index contributed by atoms with van der Waals surface area (Å²) in [5.74, 6) is 0. The van der Waals surface area contributed by atoms with Gasteiger partial charge < -0.3 is 11.5 Å². The van der Waals surface area contributed by atoms with Crippen LogP contribution in [0.15, 0.2) is 10.2 Å². The van der Waals surface area contributed by atoms with Gasteiger partial charge in [0.2, 0.25) is 0 Å². The number of hydrogen-bond donors (Lipinski definition) is 4. The van der Waals surface area contributed by atoms with E-state index in [1.807, 2.05) is 0 Å². The summed E-state index contributed by atoms with van der Waals surface area (Å²) in [6.45, 7) is 0. The van der Waals surface area contributed by atoms with Crippen molar-refractivity contribution in [2.75, 3.05) is 0 Å². The van der Waals surface area contributed by atoms with Gasteiger partial charge in [0.05, 0.1) is 12.4 Å². The topological polar surface area (TPSA) is 101 Å². The van der Waals surface area contributed by atoms with Gasteiger partial charge in [0, 0.05) is 0 Å². The maximum atomic E-state index is 5.06. The monoisotopic (exact) mass is 204 g/mol. The van der Waals surface area contributed by atoms with Crippen molar-refractivity contribution >= 4 is 47.1 Å². The van der Waals surface area contributed by atoms with Crippen molar-refractivity contribution in [1.29, 1.82) is 0 Å². The molecule has 0 rings (SSSR count). The number of rotatable bonds is 3. The summed E-state index contributed by atoms with van der Waals surface area (Å²) in [4.78, 5) is 0. The Morgan fingerprint density at radius 3 is 1.58 bits per heavy atom. The van der Waals surface area contributed by atoms with Crippen LogP contribution in [0.5, 0.6) is 0 Å². The molecule has 0 spiro atoms. The van der Waals surface area contributed by atoms with Crippen molar-refractivity contribution in [2.45, 2.75) is 0 Å². The zero-order valence-electron chi connectivity index (χ0n) is 6.02. The quantitative estimate of drug-likeness (QED) is 0.257. The van der Waals surface area contributed by atoms with Crippen LogP contribution in [-0.2, 0) is 0 Å². The Morgan fingerprint density at radius 2 is 1.33 bits per heavy atom. The summed E-state index contributed by atoms with van der Waals surface area (Å²) in [7, 11) is 0. The Labute approximate surface area is 80.1 Å². The van der Waals surface area contributed by atoms with Crippen molar-refractivity contribution in [3.05, 3.63) is 0 Å². The molecule has 8 heteroatoms. The van der Waals surface area contributed by atoms with Gasteiger partial charge in [-0.1, -0.05) is 0 Å². The third-order valence-electron chi connectivity index (χ3n) is 0.565. The summed E-state index contributed by atoms with van der Waals surface area (Å²) in [6.07, 6.45) is 2.68. The van der Waals surface area contributed by atoms with E-state index in [1.165, 1.54) is 12.4 Å². The highest BCUT2D eigenvalue weighted by atomic mass is 32.1. The van der Waals surface area contributed by atoms with Crippen LogP contribution in [0, 0.1) is 0 Å². The molecule has 0 fully saturated rings. The Morgan fingerprint density at radius 1 is 1.00 bits per heavy atom. The van der Waals surface area contributed by atoms with Gasteiger partial charge in [-0.15, -0.1) is 0 Å². The van der Waals surface area contributed by atoms with Crippen molar-refractivity contribution in [1.82, 2.24) is 10.9 Å². The van der Waals surface area contributed by atoms with Crippen LogP contribution in [0.4, 0.5) is 0 Å². The summed E-state index contributed by atoms with van der Waals surface area (Å²) < 4.78 is 0. The van der Waals surface area contributed by atoms with E-state index in [0.717, 1.165) is 0 Å². The fourth-order valence-electron chi connectivity index (χ4n) is 0.268. The molecule has 0 aliphatic rings. The van der Waals surface area contributed by atoms with E-state index in [0.29, 0.717) is 0 Å². The van der Waals surface area contributed by atoms with Gasteiger partial charge >= 0.3 is 0 Å². The Hall–Kier alpha value is -1.28. The largest absolute Gasteiger partial charge is 0.375 e. The molecule has 12 heavy (non-hydrogen) atoms. The maximum absolute atomic E-state index is 5.06. The number of hydrogen-bond acceptors (Lipinski definition) is 4. The number of nitrogens with zero attached hydrogens (tertiary/aromatic N) is 2. The van der Waals surface area contributed by atoms with E-state index in [-0.39, 0.29) is 10.2 Å². The highest BCUT2D eigenvalue weighted by Gasteiger charge is 1.77. The molecule has 6 nitrogen and oxygen atoms in total. The van der Waals surface area contributed by atoms with Gasteiger partial charge in [-0.3, -0.25) is 10.9 Å². The second kappa shape index (κ2) is 6.43. The fraction of sp³-hybridized carbons (Fsp3) is 0. The Bertz CT molecular complexity index is 198. The summed E-state index contributed by atoms with van der Waals surface area (Å²) >= 11 is 8.93. The second-order valence-corrected chi connectivity index (χ2v) is 2.39.